The van der Waals surface area contributed by atoms with Crippen LogP contribution in [0.1, 0.15) is 61.0 Å². The number of carbonyl (C=O) groups is 5. The van der Waals surface area contributed by atoms with Crippen LogP contribution in [0, 0.1) is 6.92 Å². The molecule has 30 heteroatoms. The monoisotopic (exact) mass is 1590 g/mol. The SMILES string of the molecule is CC(=O)N1CCC(Nc2cc(-c3ccc4ccn(C)c4c3)c3nc(C(N)=O)cnc3c2)C1.Cc1cnc2cc(Cl)cc(Br)c2n1.Cn1ccc2ccc(-c3cc(Cl)cc4ncc(C(N)=O)nc34)cc21.NC(=O)c1cnc2cc(Cl)cc(Br)c2n1.O=C(O)c1cnc2cc(Cl)cc(Br)c2n1. The predicted molar refractivity (Wildman–Crippen MR) is 396 cm³/mol. The lowest BCUT2D eigenvalue weighted by molar-refractivity contribution is -0.127. The molecule has 1 saturated heterocycles. The minimum Gasteiger partial charge on any atom is -0.476 e. The topological polar surface area (TPSA) is 338 Å². The van der Waals surface area contributed by atoms with E-state index in [0.29, 0.717) is 79.7 Å². The summed E-state index contributed by atoms with van der Waals surface area (Å²) in [6.07, 6.45) is 11.9. The van der Waals surface area contributed by atoms with Gasteiger partial charge in [-0.25, -0.2) is 29.7 Å². The van der Waals surface area contributed by atoms with Crippen LogP contribution in [0.4, 0.5) is 5.69 Å². The number of carboxylic acids is 1. The number of carbonyl (C=O) groups excluding carboxylic acids is 4. The summed E-state index contributed by atoms with van der Waals surface area (Å²) in [5, 5.41) is 16.9. The Balaban J connectivity index is 0.000000131. The lowest BCUT2D eigenvalue weighted by Crippen LogP contribution is -2.29. The van der Waals surface area contributed by atoms with Crippen LogP contribution in [0.15, 0.2) is 166 Å². The Morgan fingerprint density at radius 1 is 0.495 bits per heavy atom. The number of primary amides is 3. The molecule has 1 atom stereocenters. The average molecular weight is 1600 g/mol. The summed E-state index contributed by atoms with van der Waals surface area (Å²) in [4.78, 5) is 101. The van der Waals surface area contributed by atoms with Gasteiger partial charge in [-0.2, -0.15) is 0 Å². The number of aromatic carboxylic acids is 1. The molecule has 7 aromatic heterocycles. The Bertz CT molecular complexity index is 5510. The van der Waals surface area contributed by atoms with Crippen LogP contribution >= 0.6 is 94.2 Å². The second-order valence-corrected chi connectivity index (χ2v) is 26.7. The number of halogens is 7. The quantitative estimate of drug-likeness (QED) is 0.0943. The zero-order valence-corrected chi connectivity index (χ0v) is 60.1. The van der Waals surface area contributed by atoms with E-state index >= 15 is 0 Å². The maximum absolute atomic E-state index is 11.7. The molecule has 0 spiro atoms. The normalized spacial score (nSPS) is 12.5. The number of hydrogen-bond acceptors (Lipinski definition) is 16. The van der Waals surface area contributed by atoms with Gasteiger partial charge in [-0.15, -0.1) is 0 Å². The summed E-state index contributed by atoms with van der Waals surface area (Å²) >= 11 is 33.7. The molecule has 1 aliphatic rings. The second-order valence-electron chi connectivity index (χ2n) is 22.4. The number of likely N-dealkylation sites (tertiary alicyclic amines) is 1. The first-order valence-electron chi connectivity index (χ1n) is 29.6. The van der Waals surface area contributed by atoms with E-state index in [4.69, 9.17) is 68.7 Å². The van der Waals surface area contributed by atoms with Gasteiger partial charge >= 0.3 is 5.97 Å². The van der Waals surface area contributed by atoms with Crippen molar-refractivity contribution in [3.63, 3.8) is 0 Å². The molecule has 0 saturated carbocycles. The van der Waals surface area contributed by atoms with Crippen molar-refractivity contribution in [3.8, 4) is 22.3 Å². The largest absolute Gasteiger partial charge is 0.476 e. The highest BCUT2D eigenvalue weighted by atomic mass is 79.9. The van der Waals surface area contributed by atoms with Gasteiger partial charge in [0, 0.05) is 120 Å². The third-order valence-corrected chi connectivity index (χ3v) is 18.1. The Morgan fingerprint density at radius 3 is 1.31 bits per heavy atom. The van der Waals surface area contributed by atoms with Gasteiger partial charge in [0.1, 0.15) is 33.6 Å². The Kier molecular flexibility index (Phi) is 21.4. The van der Waals surface area contributed by atoms with Crippen molar-refractivity contribution in [2.24, 2.45) is 31.3 Å². The van der Waals surface area contributed by atoms with Gasteiger partial charge in [-0.05, 0) is 168 Å². The van der Waals surface area contributed by atoms with E-state index in [1.807, 2.05) is 85.3 Å². The molecule has 14 aromatic rings. The van der Waals surface area contributed by atoms with Crippen LogP contribution in [0.25, 0.3) is 99.2 Å². The summed E-state index contributed by atoms with van der Waals surface area (Å²) in [6, 6.07) is 34.4. The lowest BCUT2D eigenvalue weighted by atomic mass is 10.0. The van der Waals surface area contributed by atoms with E-state index in [0.717, 1.165) is 83.9 Å². The van der Waals surface area contributed by atoms with Crippen molar-refractivity contribution < 1.29 is 29.1 Å². The third kappa shape index (κ3) is 16.3. The van der Waals surface area contributed by atoms with Crippen LogP contribution in [0.2, 0.25) is 20.1 Å². The molecule has 1 unspecified atom stereocenters. The number of anilines is 1. The van der Waals surface area contributed by atoms with Gasteiger partial charge in [0.15, 0.2) is 5.69 Å². The molecule has 1 aliphatic heterocycles. The number of hydrogen-bond donors (Lipinski definition) is 5. The Labute approximate surface area is 607 Å². The standard InChI is InChI=1S/C24H24N6O2.C18H13ClN4O.C9H5BrClN3O.C9H4BrClN2O2.C9H6BrClN2/c1-14(31)30-8-6-17(13-30)27-18-10-19(16-4-3-15-5-7-29(2)22(15)9-16)23-20(11-18)26-12-21(28-23)24(25)32;1-23-5-4-10-2-3-11(6-16(10)23)13-7-12(19)8-14-17(13)22-15(9-21-14)18(20)24;10-5-1-4(11)2-6-8(5)14-7(3-13-6)9(12)15;10-5-1-4(11)2-6-8(5)13-7(3-12-6)9(14)15;1-5-4-12-8-3-6(11)2-7(10)9(8)13-5/h3-5,7,9-12,17,27H,6,8,13H2,1-2H3,(H2,25,32);2-9H,1H3,(H2,20,24);1-3H,(H2,12,15);1-3H,(H,14,15);2-4H,1H3. The van der Waals surface area contributed by atoms with E-state index < -0.39 is 23.7 Å². The fourth-order valence-corrected chi connectivity index (χ4v) is 13.5. The van der Waals surface area contributed by atoms with Crippen LogP contribution < -0.4 is 22.5 Å². The number of aromatic nitrogens is 12. The molecule has 0 aliphatic carbocycles. The summed E-state index contributed by atoms with van der Waals surface area (Å²) < 4.78 is 6.30. The predicted octanol–water partition coefficient (Wildman–Crippen LogP) is 14.7. The van der Waals surface area contributed by atoms with Crippen molar-refractivity contribution >= 4 is 206 Å². The van der Waals surface area contributed by atoms with Crippen LogP contribution in [0.3, 0.4) is 0 Å². The molecule has 7 aromatic carbocycles. The number of nitrogens with one attached hydrogen (secondary N) is 1. The molecule has 0 bridgehead atoms. The third-order valence-electron chi connectivity index (χ3n) is 15.5. The summed E-state index contributed by atoms with van der Waals surface area (Å²) in [6.45, 7) is 4.93. The van der Waals surface area contributed by atoms with Crippen molar-refractivity contribution in [2.75, 3.05) is 18.4 Å². The highest BCUT2D eigenvalue weighted by Crippen LogP contribution is 2.36. The van der Waals surface area contributed by atoms with Crippen molar-refractivity contribution in [3.05, 3.63) is 215 Å². The molecule has 23 nitrogen and oxygen atoms in total. The molecule has 498 valence electrons. The molecule has 99 heavy (non-hydrogen) atoms. The maximum atomic E-state index is 11.7. The number of fused-ring (bicyclic) bond motifs is 7. The van der Waals surface area contributed by atoms with Gasteiger partial charge in [0.25, 0.3) is 17.7 Å². The van der Waals surface area contributed by atoms with Crippen molar-refractivity contribution in [1.82, 2.24) is 63.9 Å². The fraction of sp³-hybridized carbons (Fsp3) is 0.116. The van der Waals surface area contributed by atoms with Crippen LogP contribution in [-0.4, -0.2) is 118 Å². The number of nitrogens with two attached hydrogens (primary N) is 3. The summed E-state index contributed by atoms with van der Waals surface area (Å²) in [5.74, 6) is -2.84. The molecular weight excluding hydrogens is 1540 g/mol. The molecule has 8 heterocycles. The zero-order valence-electron chi connectivity index (χ0n) is 52.3. The Hall–Kier alpha value is -9.93. The number of aryl methyl sites for hydroxylation is 3. The zero-order chi connectivity index (χ0) is 70.7. The highest BCUT2D eigenvalue weighted by Gasteiger charge is 2.25. The van der Waals surface area contributed by atoms with Gasteiger partial charge in [-0.3, -0.25) is 44.1 Å². The molecule has 4 amide bonds. The molecule has 0 radical (unpaired) electrons. The minimum atomic E-state index is -1.11. The highest BCUT2D eigenvalue weighted by molar-refractivity contribution is 9.11. The van der Waals surface area contributed by atoms with E-state index in [-0.39, 0.29) is 34.7 Å². The van der Waals surface area contributed by atoms with Gasteiger partial charge in [0.2, 0.25) is 5.91 Å². The fourth-order valence-electron chi connectivity index (χ4n) is 10.7. The molecule has 1 fully saturated rings. The van der Waals surface area contributed by atoms with Crippen molar-refractivity contribution in [2.45, 2.75) is 26.3 Å². The number of benzene rings is 7. The van der Waals surface area contributed by atoms with E-state index in [1.165, 1.54) is 24.8 Å². The van der Waals surface area contributed by atoms with Crippen LogP contribution in [-0.2, 0) is 18.9 Å². The van der Waals surface area contributed by atoms with Gasteiger partial charge in [0.05, 0.1) is 69.1 Å². The maximum Gasteiger partial charge on any atom is 0.356 e. The van der Waals surface area contributed by atoms with Gasteiger partial charge < -0.3 is 41.7 Å². The number of rotatable bonds is 8. The lowest BCUT2D eigenvalue weighted by Gasteiger charge is -2.17. The van der Waals surface area contributed by atoms with E-state index in [9.17, 15) is 24.0 Å². The smallest absolute Gasteiger partial charge is 0.356 e. The number of nitrogens with zero attached hydrogens (tertiary/aromatic N) is 13. The van der Waals surface area contributed by atoms with E-state index in [1.54, 1.807) is 49.5 Å². The number of amides is 4. The van der Waals surface area contributed by atoms with E-state index in [2.05, 4.69) is 138 Å². The first kappa shape index (κ1) is 70.4. The van der Waals surface area contributed by atoms with Crippen molar-refractivity contribution in [1.29, 1.82) is 0 Å². The number of carboxylic acid groups (broad SMARTS) is 1. The first-order valence-corrected chi connectivity index (χ1v) is 33.5. The summed E-state index contributed by atoms with van der Waals surface area (Å²) in [5.41, 5.74) is 30.2. The molecular formula is C69H52Br3Cl4N17O6. The molecule has 8 N–H and O–H groups in total. The van der Waals surface area contributed by atoms with Gasteiger partial charge in [-0.1, -0.05) is 70.7 Å². The first-order chi connectivity index (χ1) is 47.2. The summed E-state index contributed by atoms with van der Waals surface area (Å²) in [7, 11) is 4.00. The second kappa shape index (κ2) is 30.0. The molecule has 15 rings (SSSR count). The average Bonchev–Trinajstić information content (AvgIpc) is 1.74. The Morgan fingerprint density at radius 2 is 0.879 bits per heavy atom. The van der Waals surface area contributed by atoms with Crippen LogP contribution in [0.5, 0.6) is 0 Å². The minimum absolute atomic E-state index is 0.0919.